The molecule has 0 saturated heterocycles. The van der Waals surface area contributed by atoms with E-state index in [-0.39, 0.29) is 11.9 Å². The molecule has 2 nitrogen and oxygen atoms in total. The summed E-state index contributed by atoms with van der Waals surface area (Å²) >= 11 is 5.11. The summed E-state index contributed by atoms with van der Waals surface area (Å²) in [6.07, 6.45) is 2.04. The van der Waals surface area contributed by atoms with Crippen LogP contribution in [-0.4, -0.2) is 24.0 Å². The zero-order chi connectivity index (χ0) is 12.0. The summed E-state index contributed by atoms with van der Waals surface area (Å²) in [7, 11) is 0. The Morgan fingerprint density at radius 2 is 2.06 bits per heavy atom. The Labute approximate surface area is 109 Å². The second-order valence-corrected chi connectivity index (χ2v) is 5.13. The Bertz CT molecular complexity index is 339. The van der Waals surface area contributed by atoms with Gasteiger partial charge in [-0.1, -0.05) is 28.1 Å². The molecule has 1 aromatic carbocycles. The molecule has 0 aliphatic carbocycles. The zero-order valence-electron chi connectivity index (χ0n) is 9.50. The van der Waals surface area contributed by atoms with Gasteiger partial charge in [-0.2, -0.15) is 11.8 Å². The van der Waals surface area contributed by atoms with Crippen LogP contribution in [0, 0.1) is 0 Å². The van der Waals surface area contributed by atoms with Crippen molar-refractivity contribution in [1.82, 2.24) is 5.32 Å². The summed E-state index contributed by atoms with van der Waals surface area (Å²) in [4.78, 5) is 11.8. The maximum Gasteiger partial charge on any atom is 0.251 e. The Hall–Kier alpha value is -0.480. The first-order valence-electron chi connectivity index (χ1n) is 5.12. The predicted octanol–water partition coefficient (Wildman–Crippen LogP) is 3.06. The van der Waals surface area contributed by atoms with Crippen molar-refractivity contribution >= 4 is 33.6 Å². The number of thioether (sulfide) groups is 1. The third-order valence-electron chi connectivity index (χ3n) is 2.16. The van der Waals surface area contributed by atoms with Gasteiger partial charge in [-0.05, 0) is 30.9 Å². The van der Waals surface area contributed by atoms with Gasteiger partial charge in [-0.3, -0.25) is 4.79 Å². The van der Waals surface area contributed by atoms with Crippen molar-refractivity contribution in [3.05, 3.63) is 35.4 Å². The Kier molecular flexibility index (Phi) is 5.91. The summed E-state index contributed by atoms with van der Waals surface area (Å²) in [6.45, 7) is 2.02. The molecule has 1 atom stereocenters. The summed E-state index contributed by atoms with van der Waals surface area (Å²) in [6, 6.07) is 7.85. The first-order chi connectivity index (χ1) is 7.67. The molecule has 0 aliphatic heterocycles. The summed E-state index contributed by atoms with van der Waals surface area (Å²) in [5.74, 6) is 0.938. The lowest BCUT2D eigenvalue weighted by molar-refractivity contribution is 0.0944. The molecule has 0 aliphatic rings. The number of hydrogen-bond acceptors (Lipinski definition) is 2. The van der Waals surface area contributed by atoms with Crippen LogP contribution in [0.15, 0.2) is 24.3 Å². The number of amides is 1. The minimum atomic E-state index is 0.00247. The topological polar surface area (TPSA) is 29.1 Å². The molecule has 0 heterocycles. The number of halogens is 1. The second kappa shape index (κ2) is 6.97. The average molecular weight is 302 g/mol. The van der Waals surface area contributed by atoms with Gasteiger partial charge in [-0.15, -0.1) is 0 Å². The fraction of sp³-hybridized carbons (Fsp3) is 0.417. The summed E-state index contributed by atoms with van der Waals surface area (Å²) < 4.78 is 0. The van der Waals surface area contributed by atoms with E-state index in [4.69, 9.17) is 0 Å². The van der Waals surface area contributed by atoms with Gasteiger partial charge in [0, 0.05) is 22.7 Å². The molecule has 1 amide bonds. The van der Waals surface area contributed by atoms with Crippen LogP contribution in [0.2, 0.25) is 0 Å². The minimum absolute atomic E-state index is 0.00247. The van der Waals surface area contributed by atoms with Crippen molar-refractivity contribution in [1.29, 1.82) is 0 Å². The van der Waals surface area contributed by atoms with E-state index in [2.05, 4.69) is 21.2 Å². The number of carbonyl (C=O) groups excluding carboxylic acids is 1. The first kappa shape index (κ1) is 13.6. The lowest BCUT2D eigenvalue weighted by Crippen LogP contribution is -2.34. The van der Waals surface area contributed by atoms with Crippen LogP contribution in [0.5, 0.6) is 0 Å². The lowest BCUT2D eigenvalue weighted by atomic mass is 10.1. The molecular formula is C12H16BrNOS. The van der Waals surface area contributed by atoms with Crippen LogP contribution in [0.4, 0.5) is 0 Å². The molecular weight excluding hydrogens is 286 g/mol. The molecule has 16 heavy (non-hydrogen) atoms. The fourth-order valence-electron chi connectivity index (χ4n) is 1.34. The van der Waals surface area contributed by atoms with E-state index in [1.165, 1.54) is 5.56 Å². The summed E-state index contributed by atoms with van der Waals surface area (Å²) in [5, 5.41) is 3.78. The van der Waals surface area contributed by atoms with Crippen molar-refractivity contribution in [2.45, 2.75) is 18.3 Å². The number of hydrogen-bond donors (Lipinski definition) is 1. The highest BCUT2D eigenvalue weighted by atomic mass is 79.9. The quantitative estimate of drug-likeness (QED) is 0.847. The van der Waals surface area contributed by atoms with Gasteiger partial charge in [0.15, 0.2) is 0 Å². The summed E-state index contributed by atoms with van der Waals surface area (Å²) in [5.41, 5.74) is 1.89. The van der Waals surface area contributed by atoms with Gasteiger partial charge in [0.25, 0.3) is 5.91 Å². The van der Waals surface area contributed by atoms with Crippen molar-refractivity contribution < 1.29 is 4.79 Å². The molecule has 0 radical (unpaired) electrons. The van der Waals surface area contributed by atoms with E-state index < -0.39 is 0 Å². The highest BCUT2D eigenvalue weighted by Crippen LogP contribution is 2.08. The largest absolute Gasteiger partial charge is 0.349 e. The van der Waals surface area contributed by atoms with E-state index in [0.29, 0.717) is 0 Å². The first-order valence-corrected chi connectivity index (χ1v) is 7.63. The fourth-order valence-corrected chi connectivity index (χ4v) is 2.30. The molecule has 0 saturated carbocycles. The van der Waals surface area contributed by atoms with Crippen LogP contribution < -0.4 is 5.32 Å². The SMILES string of the molecule is CSCC(C)NC(=O)c1ccc(CBr)cc1. The molecule has 88 valence electrons. The van der Waals surface area contributed by atoms with Crippen molar-refractivity contribution in [3.8, 4) is 0 Å². The van der Waals surface area contributed by atoms with Gasteiger partial charge in [-0.25, -0.2) is 0 Å². The zero-order valence-corrected chi connectivity index (χ0v) is 11.9. The highest BCUT2D eigenvalue weighted by Gasteiger charge is 2.08. The standard InChI is InChI=1S/C12H16BrNOS/c1-9(8-16-2)14-12(15)11-5-3-10(7-13)4-6-11/h3-6,9H,7-8H2,1-2H3,(H,14,15). The van der Waals surface area contributed by atoms with E-state index in [1.54, 1.807) is 11.8 Å². The molecule has 1 rings (SSSR count). The van der Waals surface area contributed by atoms with Crippen LogP contribution in [0.25, 0.3) is 0 Å². The monoisotopic (exact) mass is 301 g/mol. The smallest absolute Gasteiger partial charge is 0.251 e. The van der Waals surface area contributed by atoms with Gasteiger partial charge >= 0.3 is 0 Å². The predicted molar refractivity (Wildman–Crippen MR) is 74.4 cm³/mol. The van der Waals surface area contributed by atoms with Crippen LogP contribution in [-0.2, 0) is 5.33 Å². The van der Waals surface area contributed by atoms with Crippen LogP contribution in [0.3, 0.4) is 0 Å². The number of rotatable bonds is 5. The van der Waals surface area contributed by atoms with E-state index in [9.17, 15) is 4.79 Å². The van der Waals surface area contributed by atoms with E-state index >= 15 is 0 Å². The van der Waals surface area contributed by atoms with E-state index in [1.807, 2.05) is 37.4 Å². The molecule has 0 aromatic heterocycles. The number of benzene rings is 1. The average Bonchev–Trinajstić information content (AvgIpc) is 2.29. The minimum Gasteiger partial charge on any atom is -0.349 e. The maximum atomic E-state index is 11.8. The number of carbonyl (C=O) groups is 1. The van der Waals surface area contributed by atoms with Crippen molar-refractivity contribution in [2.75, 3.05) is 12.0 Å². The Morgan fingerprint density at radius 3 is 2.56 bits per heavy atom. The number of alkyl halides is 1. The van der Waals surface area contributed by atoms with Gasteiger partial charge in [0.2, 0.25) is 0 Å². The van der Waals surface area contributed by atoms with Gasteiger partial charge < -0.3 is 5.32 Å². The van der Waals surface area contributed by atoms with Crippen molar-refractivity contribution in [2.24, 2.45) is 0 Å². The molecule has 0 bridgehead atoms. The molecule has 1 N–H and O–H groups in total. The maximum absolute atomic E-state index is 11.8. The van der Waals surface area contributed by atoms with Gasteiger partial charge in [0.1, 0.15) is 0 Å². The van der Waals surface area contributed by atoms with Crippen molar-refractivity contribution in [3.63, 3.8) is 0 Å². The third-order valence-corrected chi connectivity index (χ3v) is 3.65. The third kappa shape index (κ3) is 4.18. The van der Waals surface area contributed by atoms with Crippen LogP contribution >= 0.6 is 27.7 Å². The van der Waals surface area contributed by atoms with Crippen LogP contribution in [0.1, 0.15) is 22.8 Å². The molecule has 1 aromatic rings. The Morgan fingerprint density at radius 1 is 1.44 bits per heavy atom. The molecule has 0 fully saturated rings. The molecule has 0 spiro atoms. The van der Waals surface area contributed by atoms with E-state index in [0.717, 1.165) is 16.6 Å². The normalized spacial score (nSPS) is 12.2. The van der Waals surface area contributed by atoms with Gasteiger partial charge in [0.05, 0.1) is 0 Å². The molecule has 4 heteroatoms. The lowest BCUT2D eigenvalue weighted by Gasteiger charge is -2.12. The molecule has 1 unspecified atom stereocenters. The second-order valence-electron chi connectivity index (χ2n) is 3.66. The number of nitrogens with one attached hydrogen (secondary N) is 1. The Balaban J connectivity index is 2.59. The highest BCUT2D eigenvalue weighted by molar-refractivity contribution is 9.08.